The summed E-state index contributed by atoms with van der Waals surface area (Å²) in [5.74, 6) is 0.585. The number of halogens is 3. The number of aromatic nitrogens is 1. The predicted molar refractivity (Wildman–Crippen MR) is 125 cm³/mol. The lowest BCUT2D eigenvalue weighted by Crippen LogP contribution is -2.46. The van der Waals surface area contributed by atoms with E-state index in [-0.39, 0.29) is 12.3 Å². The number of hydrogen-bond donors (Lipinski definition) is 1. The molecule has 0 spiro atoms. The number of benzene rings is 2. The molecule has 8 heteroatoms. The molecule has 0 radical (unpaired) electrons. The van der Waals surface area contributed by atoms with Gasteiger partial charge in [-0.15, -0.1) is 0 Å². The number of rotatable bonds is 5. The molecule has 0 bridgehead atoms. The van der Waals surface area contributed by atoms with Crippen molar-refractivity contribution >= 4 is 28.3 Å². The van der Waals surface area contributed by atoms with Crippen LogP contribution >= 0.6 is 0 Å². The Labute approximate surface area is 191 Å². The van der Waals surface area contributed by atoms with E-state index < -0.39 is 11.7 Å². The van der Waals surface area contributed by atoms with E-state index in [1.54, 1.807) is 6.07 Å². The van der Waals surface area contributed by atoms with Crippen molar-refractivity contribution in [3.63, 3.8) is 0 Å². The van der Waals surface area contributed by atoms with Crippen molar-refractivity contribution in [3.8, 4) is 0 Å². The van der Waals surface area contributed by atoms with Crippen LogP contribution in [0.5, 0.6) is 0 Å². The minimum Gasteiger partial charge on any atom is -0.354 e. The Morgan fingerprint density at radius 3 is 2.52 bits per heavy atom. The molecule has 33 heavy (non-hydrogen) atoms. The molecule has 1 aromatic heterocycles. The van der Waals surface area contributed by atoms with Gasteiger partial charge in [-0.25, -0.2) is 4.98 Å². The number of piperazine rings is 1. The second-order valence-corrected chi connectivity index (χ2v) is 8.37. The van der Waals surface area contributed by atoms with Crippen LogP contribution in [0.15, 0.2) is 48.5 Å². The van der Waals surface area contributed by atoms with Gasteiger partial charge < -0.3 is 15.1 Å². The highest BCUT2D eigenvalue weighted by Gasteiger charge is 2.30. The average Bonchev–Trinajstić information content (AvgIpc) is 2.79. The molecule has 0 atom stereocenters. The molecule has 0 aliphatic carbocycles. The number of anilines is 2. The average molecular weight is 457 g/mol. The maximum atomic E-state index is 12.9. The van der Waals surface area contributed by atoms with Crippen LogP contribution in [0.2, 0.25) is 0 Å². The van der Waals surface area contributed by atoms with Crippen LogP contribution < -0.4 is 10.2 Å². The molecule has 1 fully saturated rings. The summed E-state index contributed by atoms with van der Waals surface area (Å²) < 4.78 is 38.7. The highest BCUT2D eigenvalue weighted by atomic mass is 19.4. The van der Waals surface area contributed by atoms with Crippen LogP contribution in [-0.2, 0) is 17.4 Å². The highest BCUT2D eigenvalue weighted by molar-refractivity contribution is 5.95. The van der Waals surface area contributed by atoms with Gasteiger partial charge >= 0.3 is 6.18 Å². The number of fused-ring (bicyclic) bond motifs is 1. The molecule has 1 amide bonds. The SMILES string of the molecule is CCN1CCN(c2cc(C)c3cc(NC(=O)Cc4cccc(C(F)(F)F)c4)ccc3n2)CC1. The Morgan fingerprint density at radius 2 is 1.82 bits per heavy atom. The lowest BCUT2D eigenvalue weighted by Gasteiger charge is -2.35. The van der Waals surface area contributed by atoms with E-state index >= 15 is 0 Å². The topological polar surface area (TPSA) is 48.5 Å². The van der Waals surface area contributed by atoms with Crippen molar-refractivity contribution in [2.75, 3.05) is 42.9 Å². The number of alkyl halides is 3. The lowest BCUT2D eigenvalue weighted by atomic mass is 10.1. The summed E-state index contributed by atoms with van der Waals surface area (Å²) in [6, 6.07) is 12.4. The lowest BCUT2D eigenvalue weighted by molar-refractivity contribution is -0.137. The number of pyridine rings is 1. The first-order valence-corrected chi connectivity index (χ1v) is 11.1. The zero-order valence-corrected chi connectivity index (χ0v) is 18.7. The Balaban J connectivity index is 1.47. The van der Waals surface area contributed by atoms with Gasteiger partial charge in [0.1, 0.15) is 5.82 Å². The van der Waals surface area contributed by atoms with Crippen LogP contribution in [0.25, 0.3) is 10.9 Å². The first kappa shape index (κ1) is 23.0. The third-order valence-corrected chi connectivity index (χ3v) is 6.05. The Morgan fingerprint density at radius 1 is 1.06 bits per heavy atom. The monoisotopic (exact) mass is 456 g/mol. The normalized spacial score (nSPS) is 15.1. The van der Waals surface area contributed by atoms with Crippen LogP contribution in [0.1, 0.15) is 23.6 Å². The zero-order chi connectivity index (χ0) is 23.6. The molecule has 174 valence electrons. The van der Waals surface area contributed by atoms with E-state index in [0.29, 0.717) is 11.3 Å². The molecule has 0 saturated carbocycles. The van der Waals surface area contributed by atoms with Crippen molar-refractivity contribution in [1.29, 1.82) is 0 Å². The number of hydrogen-bond acceptors (Lipinski definition) is 4. The number of nitrogens with zero attached hydrogens (tertiary/aromatic N) is 3. The Bertz CT molecular complexity index is 1150. The summed E-state index contributed by atoms with van der Waals surface area (Å²) in [4.78, 5) is 22.0. The minimum absolute atomic E-state index is 0.137. The second kappa shape index (κ2) is 9.39. The molecule has 1 aliphatic rings. The third kappa shape index (κ3) is 5.45. The van der Waals surface area contributed by atoms with E-state index in [2.05, 4.69) is 28.1 Å². The summed E-state index contributed by atoms with van der Waals surface area (Å²) in [6.45, 7) is 9.16. The van der Waals surface area contributed by atoms with Crippen LogP contribution in [0.4, 0.5) is 24.7 Å². The van der Waals surface area contributed by atoms with Crippen LogP contribution in [0, 0.1) is 6.92 Å². The van der Waals surface area contributed by atoms with Crippen molar-refractivity contribution < 1.29 is 18.0 Å². The second-order valence-electron chi connectivity index (χ2n) is 8.37. The van der Waals surface area contributed by atoms with Crippen molar-refractivity contribution in [3.05, 3.63) is 65.2 Å². The van der Waals surface area contributed by atoms with Gasteiger partial charge in [-0.3, -0.25) is 4.79 Å². The maximum absolute atomic E-state index is 12.9. The van der Waals surface area contributed by atoms with E-state index in [4.69, 9.17) is 4.98 Å². The van der Waals surface area contributed by atoms with Gasteiger partial charge in [0.25, 0.3) is 0 Å². The first-order valence-electron chi connectivity index (χ1n) is 11.1. The molecule has 1 saturated heterocycles. The number of aryl methyl sites for hydroxylation is 1. The van der Waals surface area contributed by atoms with Gasteiger partial charge in [0, 0.05) is 37.3 Å². The third-order valence-electron chi connectivity index (χ3n) is 6.05. The molecule has 5 nitrogen and oxygen atoms in total. The molecule has 2 heterocycles. The molecule has 4 rings (SSSR count). The Kier molecular flexibility index (Phi) is 6.56. The standard InChI is InChI=1S/C25H27F3N4O/c1-3-31-9-11-32(12-10-31)23-13-17(2)21-16-20(7-8-22(21)30-23)29-24(33)15-18-5-4-6-19(14-18)25(26,27)28/h4-8,13-14,16H,3,9-12,15H2,1-2H3,(H,29,33). The van der Waals surface area contributed by atoms with E-state index in [1.807, 2.05) is 19.1 Å². The van der Waals surface area contributed by atoms with Gasteiger partial charge in [-0.2, -0.15) is 13.2 Å². The summed E-state index contributed by atoms with van der Waals surface area (Å²) in [5, 5.41) is 3.73. The van der Waals surface area contributed by atoms with Crippen LogP contribution in [0.3, 0.4) is 0 Å². The zero-order valence-electron chi connectivity index (χ0n) is 18.7. The number of amides is 1. The first-order chi connectivity index (χ1) is 15.7. The van der Waals surface area contributed by atoms with Gasteiger partial charge in [0.05, 0.1) is 17.5 Å². The van der Waals surface area contributed by atoms with Crippen molar-refractivity contribution in [2.24, 2.45) is 0 Å². The number of nitrogens with one attached hydrogen (secondary N) is 1. The fourth-order valence-corrected chi connectivity index (χ4v) is 4.16. The fourth-order valence-electron chi connectivity index (χ4n) is 4.16. The maximum Gasteiger partial charge on any atom is 0.416 e. The van der Waals surface area contributed by atoms with Gasteiger partial charge in [0.2, 0.25) is 5.91 Å². The van der Waals surface area contributed by atoms with Crippen LogP contribution in [-0.4, -0.2) is 48.5 Å². The number of likely N-dealkylation sites (N-methyl/N-ethyl adjacent to an activating group) is 1. The molecule has 1 N–H and O–H groups in total. The largest absolute Gasteiger partial charge is 0.416 e. The smallest absolute Gasteiger partial charge is 0.354 e. The summed E-state index contributed by atoms with van der Waals surface area (Å²) in [7, 11) is 0. The highest BCUT2D eigenvalue weighted by Crippen LogP contribution is 2.30. The fraction of sp³-hybridized carbons (Fsp3) is 0.360. The van der Waals surface area contributed by atoms with Crippen molar-refractivity contribution in [2.45, 2.75) is 26.4 Å². The predicted octanol–water partition coefficient (Wildman–Crippen LogP) is 4.89. The van der Waals surface area contributed by atoms with E-state index in [9.17, 15) is 18.0 Å². The quantitative estimate of drug-likeness (QED) is 0.594. The molecular formula is C25H27F3N4O. The molecular weight excluding hydrogens is 429 g/mol. The summed E-state index contributed by atoms with van der Waals surface area (Å²) >= 11 is 0. The number of carbonyl (C=O) groups excluding carboxylic acids is 1. The molecule has 0 unspecified atom stereocenters. The Hall–Kier alpha value is -3.13. The summed E-state index contributed by atoms with van der Waals surface area (Å²) in [5.41, 5.74) is 2.05. The van der Waals surface area contributed by atoms with Crippen molar-refractivity contribution in [1.82, 2.24) is 9.88 Å². The minimum atomic E-state index is -4.43. The molecule has 3 aromatic rings. The summed E-state index contributed by atoms with van der Waals surface area (Å²) in [6.07, 6.45) is -4.57. The van der Waals surface area contributed by atoms with E-state index in [0.717, 1.165) is 67.1 Å². The molecule has 1 aliphatic heterocycles. The van der Waals surface area contributed by atoms with Gasteiger partial charge in [0.15, 0.2) is 0 Å². The van der Waals surface area contributed by atoms with E-state index in [1.165, 1.54) is 12.1 Å². The van der Waals surface area contributed by atoms with Gasteiger partial charge in [-0.05, 0) is 54.9 Å². The molecule has 2 aromatic carbocycles. The van der Waals surface area contributed by atoms with Gasteiger partial charge in [-0.1, -0.05) is 25.1 Å². The number of carbonyl (C=O) groups is 1.